The highest BCUT2D eigenvalue weighted by molar-refractivity contribution is 6.04. The van der Waals surface area contributed by atoms with Crippen LogP contribution in [0.1, 0.15) is 55.2 Å². The molecule has 2 atom stereocenters. The first-order chi connectivity index (χ1) is 18.5. The molecule has 3 aromatic carbocycles. The van der Waals surface area contributed by atoms with Crippen LogP contribution in [0.4, 0.5) is 5.69 Å². The summed E-state index contributed by atoms with van der Waals surface area (Å²) in [5, 5.41) is 4.62. The standard InChI is InChI=1S/C32H28N2O4/c1-3-37-29-18-21(11-14-28(29)38-19(2)35)30-31-23-10-7-15-33-24(23)12-13-25(31)34-26-16-22(17-27(36)32(26)30)20-8-5-4-6-9-20/h4-15,18,22,30,34H,3,16-17H2,1-2H3/t22-,30-/m0/s1. The van der Waals surface area contributed by atoms with Gasteiger partial charge in [-0.3, -0.25) is 14.6 Å². The average Bonchev–Trinajstić information content (AvgIpc) is 2.93. The van der Waals surface area contributed by atoms with E-state index in [1.54, 1.807) is 12.3 Å². The van der Waals surface area contributed by atoms with Gasteiger partial charge in [-0.15, -0.1) is 0 Å². The van der Waals surface area contributed by atoms with Gasteiger partial charge in [0.05, 0.1) is 12.1 Å². The van der Waals surface area contributed by atoms with E-state index in [9.17, 15) is 9.59 Å². The van der Waals surface area contributed by atoms with Crippen LogP contribution in [0.15, 0.2) is 90.3 Å². The Morgan fingerprint density at radius 1 is 0.974 bits per heavy atom. The molecule has 1 N–H and O–H groups in total. The predicted octanol–water partition coefficient (Wildman–Crippen LogP) is 6.52. The minimum Gasteiger partial charge on any atom is -0.490 e. The Kier molecular flexibility index (Phi) is 6.16. The third kappa shape index (κ3) is 4.22. The van der Waals surface area contributed by atoms with Gasteiger partial charge in [0.1, 0.15) is 0 Å². The maximum absolute atomic E-state index is 14.0. The molecular weight excluding hydrogens is 476 g/mol. The first kappa shape index (κ1) is 23.9. The zero-order chi connectivity index (χ0) is 26.2. The fourth-order valence-electron chi connectivity index (χ4n) is 5.79. The molecule has 4 aromatic rings. The molecular formula is C32H28N2O4. The van der Waals surface area contributed by atoms with Gasteiger partial charge in [0.25, 0.3) is 0 Å². The summed E-state index contributed by atoms with van der Waals surface area (Å²) in [6, 6.07) is 23.9. The van der Waals surface area contributed by atoms with E-state index in [4.69, 9.17) is 9.47 Å². The third-order valence-electron chi connectivity index (χ3n) is 7.32. The zero-order valence-corrected chi connectivity index (χ0v) is 21.4. The molecule has 1 aliphatic carbocycles. The lowest BCUT2D eigenvalue weighted by atomic mass is 9.71. The Labute approximate surface area is 221 Å². The summed E-state index contributed by atoms with van der Waals surface area (Å²) in [5.41, 5.74) is 6.67. The lowest BCUT2D eigenvalue weighted by Gasteiger charge is -2.37. The molecule has 1 aliphatic heterocycles. The number of ether oxygens (including phenoxy) is 2. The van der Waals surface area contributed by atoms with E-state index in [0.717, 1.165) is 45.4 Å². The molecule has 2 heterocycles. The van der Waals surface area contributed by atoms with Crippen LogP contribution >= 0.6 is 0 Å². The molecule has 0 bridgehead atoms. The number of hydrogen-bond donors (Lipinski definition) is 1. The van der Waals surface area contributed by atoms with Crippen molar-refractivity contribution in [1.82, 2.24) is 4.98 Å². The second-order valence-electron chi connectivity index (χ2n) is 9.72. The van der Waals surface area contributed by atoms with E-state index >= 15 is 0 Å². The number of nitrogens with one attached hydrogen (secondary N) is 1. The molecule has 0 amide bonds. The van der Waals surface area contributed by atoms with Gasteiger partial charge in [-0.1, -0.05) is 42.5 Å². The Hall–Kier alpha value is -4.45. The predicted molar refractivity (Wildman–Crippen MR) is 147 cm³/mol. The van der Waals surface area contributed by atoms with Crippen molar-refractivity contribution in [2.24, 2.45) is 0 Å². The number of rotatable bonds is 5. The summed E-state index contributed by atoms with van der Waals surface area (Å²) >= 11 is 0. The summed E-state index contributed by atoms with van der Waals surface area (Å²) in [6.07, 6.45) is 2.97. The highest BCUT2D eigenvalue weighted by atomic mass is 16.6. The van der Waals surface area contributed by atoms with Gasteiger partial charge in [-0.25, -0.2) is 0 Å². The normalized spacial score (nSPS) is 18.4. The van der Waals surface area contributed by atoms with Gasteiger partial charge >= 0.3 is 5.97 Å². The van der Waals surface area contributed by atoms with Gasteiger partial charge in [0.15, 0.2) is 17.3 Å². The Morgan fingerprint density at radius 3 is 2.61 bits per heavy atom. The molecule has 6 rings (SSSR count). The van der Waals surface area contributed by atoms with Gasteiger partial charge in [-0.2, -0.15) is 0 Å². The zero-order valence-electron chi connectivity index (χ0n) is 21.4. The summed E-state index contributed by atoms with van der Waals surface area (Å²) < 4.78 is 11.3. The van der Waals surface area contributed by atoms with Crippen molar-refractivity contribution < 1.29 is 19.1 Å². The molecule has 0 radical (unpaired) electrons. The number of esters is 1. The Bertz CT molecular complexity index is 1590. The molecule has 0 fully saturated rings. The van der Waals surface area contributed by atoms with E-state index in [-0.39, 0.29) is 17.6 Å². The fraction of sp³-hybridized carbons (Fsp3) is 0.219. The van der Waals surface area contributed by atoms with E-state index in [1.807, 2.05) is 49.4 Å². The number of hydrogen-bond acceptors (Lipinski definition) is 6. The van der Waals surface area contributed by atoms with E-state index in [1.165, 1.54) is 12.5 Å². The molecule has 190 valence electrons. The molecule has 1 aromatic heterocycles. The molecule has 6 heteroatoms. The van der Waals surface area contributed by atoms with E-state index < -0.39 is 5.97 Å². The number of ketones is 1. The summed E-state index contributed by atoms with van der Waals surface area (Å²) in [7, 11) is 0. The number of benzene rings is 3. The second-order valence-corrected chi connectivity index (χ2v) is 9.72. The van der Waals surface area contributed by atoms with E-state index in [2.05, 4.69) is 34.6 Å². The van der Waals surface area contributed by atoms with Crippen LogP contribution in [-0.4, -0.2) is 23.3 Å². The van der Waals surface area contributed by atoms with Crippen LogP contribution in [0, 0.1) is 0 Å². The number of Topliss-reactive ketones (excluding diaryl/α,β-unsaturated/α-hetero) is 1. The number of anilines is 1. The molecule has 38 heavy (non-hydrogen) atoms. The van der Waals surface area contributed by atoms with Crippen LogP contribution in [0.2, 0.25) is 0 Å². The molecule has 0 spiro atoms. The Morgan fingerprint density at radius 2 is 1.82 bits per heavy atom. The third-order valence-corrected chi connectivity index (χ3v) is 7.32. The summed E-state index contributed by atoms with van der Waals surface area (Å²) in [6.45, 7) is 3.67. The second kappa shape index (κ2) is 9.78. The largest absolute Gasteiger partial charge is 0.490 e. The highest BCUT2D eigenvalue weighted by Gasteiger charge is 2.39. The van der Waals surface area contributed by atoms with Crippen LogP contribution in [-0.2, 0) is 9.59 Å². The quantitative estimate of drug-likeness (QED) is 0.246. The van der Waals surface area contributed by atoms with Crippen molar-refractivity contribution in [1.29, 1.82) is 0 Å². The van der Waals surface area contributed by atoms with Crippen molar-refractivity contribution in [2.45, 2.75) is 38.5 Å². The van der Waals surface area contributed by atoms with E-state index in [0.29, 0.717) is 24.5 Å². The van der Waals surface area contributed by atoms with Gasteiger partial charge in [0, 0.05) is 47.8 Å². The maximum Gasteiger partial charge on any atom is 0.308 e. The lowest BCUT2D eigenvalue weighted by molar-refractivity contribution is -0.132. The van der Waals surface area contributed by atoms with Crippen LogP contribution in [0.5, 0.6) is 11.5 Å². The van der Waals surface area contributed by atoms with Crippen molar-refractivity contribution in [3.8, 4) is 11.5 Å². The summed E-state index contributed by atoms with van der Waals surface area (Å²) in [4.78, 5) is 30.2. The van der Waals surface area contributed by atoms with Crippen molar-refractivity contribution in [3.05, 3.63) is 107 Å². The Balaban J connectivity index is 1.54. The first-order valence-electron chi connectivity index (χ1n) is 12.9. The first-order valence-corrected chi connectivity index (χ1v) is 12.9. The molecule has 0 saturated heterocycles. The van der Waals surface area contributed by atoms with Gasteiger partial charge in [0.2, 0.25) is 0 Å². The van der Waals surface area contributed by atoms with Crippen LogP contribution in [0.25, 0.3) is 10.9 Å². The minimum atomic E-state index is -0.414. The fourth-order valence-corrected chi connectivity index (χ4v) is 5.79. The highest BCUT2D eigenvalue weighted by Crippen LogP contribution is 2.50. The number of pyridine rings is 1. The monoisotopic (exact) mass is 504 g/mol. The number of aromatic nitrogens is 1. The number of allylic oxidation sites excluding steroid dienone is 2. The average molecular weight is 505 g/mol. The van der Waals surface area contributed by atoms with Crippen LogP contribution < -0.4 is 14.8 Å². The number of nitrogens with zero attached hydrogens (tertiary/aromatic N) is 1. The molecule has 0 saturated carbocycles. The maximum atomic E-state index is 14.0. The van der Waals surface area contributed by atoms with Gasteiger partial charge in [-0.05, 0) is 66.3 Å². The molecule has 6 nitrogen and oxygen atoms in total. The van der Waals surface area contributed by atoms with Crippen molar-refractivity contribution in [2.75, 3.05) is 11.9 Å². The SMILES string of the molecule is CCOc1cc([C@@H]2C3=C(C[C@H](c4ccccc4)CC3=O)Nc3ccc4ncccc4c32)ccc1OC(C)=O. The van der Waals surface area contributed by atoms with Gasteiger partial charge < -0.3 is 14.8 Å². The topological polar surface area (TPSA) is 77.5 Å². The minimum absolute atomic E-state index is 0.115. The van der Waals surface area contributed by atoms with Crippen molar-refractivity contribution >= 4 is 28.3 Å². The molecule has 2 aliphatic rings. The lowest BCUT2D eigenvalue weighted by Crippen LogP contribution is -2.30. The van der Waals surface area contributed by atoms with Crippen molar-refractivity contribution in [3.63, 3.8) is 0 Å². The molecule has 0 unspecified atom stereocenters. The smallest absolute Gasteiger partial charge is 0.308 e. The summed E-state index contributed by atoms with van der Waals surface area (Å²) in [5.74, 6) is 0.360. The number of carbonyl (C=O) groups excluding carboxylic acids is 2. The number of carbonyl (C=O) groups is 2. The number of fused-ring (bicyclic) bond motifs is 3. The van der Waals surface area contributed by atoms with Crippen LogP contribution in [0.3, 0.4) is 0 Å².